The van der Waals surface area contributed by atoms with E-state index in [2.05, 4.69) is 9.80 Å². The Balaban J connectivity index is 1.40. The molecule has 1 aliphatic carbocycles. The van der Waals surface area contributed by atoms with Crippen LogP contribution in [0.25, 0.3) is 0 Å². The summed E-state index contributed by atoms with van der Waals surface area (Å²) < 4.78 is 19.5. The summed E-state index contributed by atoms with van der Waals surface area (Å²) in [5.41, 5.74) is 0.894. The average Bonchev–Trinajstić information content (AvgIpc) is 3.34. The highest BCUT2D eigenvalue weighted by Crippen LogP contribution is 2.41. The van der Waals surface area contributed by atoms with Crippen molar-refractivity contribution >= 4 is 5.91 Å². The molecule has 1 saturated carbocycles. The first-order valence-electron chi connectivity index (χ1n) is 10.4. The van der Waals surface area contributed by atoms with E-state index in [9.17, 15) is 9.18 Å². The number of hydrogen-bond donors (Lipinski definition) is 0. The lowest BCUT2D eigenvalue weighted by atomic mass is 9.79. The summed E-state index contributed by atoms with van der Waals surface area (Å²) in [5, 5.41) is 0. The number of benzene rings is 1. The van der Waals surface area contributed by atoms with E-state index in [0.717, 1.165) is 51.9 Å². The quantitative estimate of drug-likeness (QED) is 0.803. The summed E-state index contributed by atoms with van der Waals surface area (Å²) in [6, 6.07) is 4.96. The fourth-order valence-electron chi connectivity index (χ4n) is 5.37. The number of methoxy groups -OCH3 is 1. The van der Waals surface area contributed by atoms with Crippen molar-refractivity contribution in [3.63, 3.8) is 0 Å². The van der Waals surface area contributed by atoms with Crippen molar-refractivity contribution in [3.05, 3.63) is 29.6 Å². The Morgan fingerprint density at radius 1 is 1.19 bits per heavy atom. The third-order valence-electron chi connectivity index (χ3n) is 6.84. The molecule has 1 spiro atoms. The van der Waals surface area contributed by atoms with E-state index in [1.54, 1.807) is 19.2 Å². The Bertz CT molecular complexity index is 689. The lowest BCUT2D eigenvalue weighted by Crippen LogP contribution is -2.45. The van der Waals surface area contributed by atoms with Crippen molar-refractivity contribution in [1.29, 1.82) is 0 Å². The van der Waals surface area contributed by atoms with E-state index in [1.807, 2.05) is 0 Å². The zero-order valence-corrected chi connectivity index (χ0v) is 16.4. The topological polar surface area (TPSA) is 32.8 Å². The molecule has 2 saturated heterocycles. The number of ether oxygens (including phenoxy) is 1. The van der Waals surface area contributed by atoms with Crippen LogP contribution in [0, 0.1) is 17.2 Å². The Kier molecular flexibility index (Phi) is 5.40. The number of likely N-dealkylation sites (tertiary alicyclic amines) is 2. The van der Waals surface area contributed by atoms with Crippen LogP contribution in [0.5, 0.6) is 5.75 Å². The minimum absolute atomic E-state index is 0.167. The SMILES string of the molecule is COc1ccc(F)c(CN2CCC[C@@]3(CCN(C(=O)C4CCCC4)C3)C2)c1. The van der Waals surface area contributed by atoms with Crippen molar-refractivity contribution in [1.82, 2.24) is 9.80 Å². The van der Waals surface area contributed by atoms with Crippen molar-refractivity contribution in [3.8, 4) is 5.75 Å². The maximum absolute atomic E-state index is 14.2. The monoisotopic (exact) mass is 374 g/mol. The Labute approximate surface area is 161 Å². The van der Waals surface area contributed by atoms with Crippen LogP contribution in [0.3, 0.4) is 0 Å². The van der Waals surface area contributed by atoms with Gasteiger partial charge in [0.25, 0.3) is 0 Å². The Morgan fingerprint density at radius 3 is 2.78 bits per heavy atom. The van der Waals surface area contributed by atoms with Crippen molar-refractivity contribution < 1.29 is 13.9 Å². The fourth-order valence-corrected chi connectivity index (χ4v) is 5.37. The maximum Gasteiger partial charge on any atom is 0.225 e. The molecule has 0 aromatic heterocycles. The predicted molar refractivity (Wildman–Crippen MR) is 103 cm³/mol. The number of nitrogens with zero attached hydrogens (tertiary/aromatic N) is 2. The number of carbonyl (C=O) groups excluding carboxylic acids is 1. The van der Waals surface area contributed by atoms with Gasteiger partial charge in [-0.2, -0.15) is 0 Å². The van der Waals surface area contributed by atoms with Crippen molar-refractivity contribution in [2.75, 3.05) is 33.3 Å². The second-order valence-electron chi connectivity index (χ2n) is 8.76. The van der Waals surface area contributed by atoms with E-state index in [0.29, 0.717) is 23.8 Å². The molecule has 1 amide bonds. The normalized spacial score (nSPS) is 26.8. The zero-order chi connectivity index (χ0) is 18.9. The van der Waals surface area contributed by atoms with Gasteiger partial charge in [0.2, 0.25) is 5.91 Å². The highest BCUT2D eigenvalue weighted by atomic mass is 19.1. The molecule has 2 heterocycles. The van der Waals surface area contributed by atoms with Crippen LogP contribution in [0.4, 0.5) is 4.39 Å². The molecule has 1 atom stereocenters. The molecule has 4 nitrogen and oxygen atoms in total. The molecule has 4 rings (SSSR count). The first-order chi connectivity index (χ1) is 13.1. The van der Waals surface area contributed by atoms with E-state index < -0.39 is 0 Å². The van der Waals surface area contributed by atoms with Crippen molar-refractivity contribution in [2.45, 2.75) is 51.5 Å². The summed E-state index contributed by atoms with van der Waals surface area (Å²) in [6.07, 6.45) is 7.94. The number of hydrogen-bond acceptors (Lipinski definition) is 3. The minimum atomic E-state index is -0.167. The van der Waals surface area contributed by atoms with Gasteiger partial charge in [0.15, 0.2) is 0 Å². The molecule has 1 aromatic rings. The number of rotatable bonds is 4. The average molecular weight is 375 g/mol. The lowest BCUT2D eigenvalue weighted by molar-refractivity contribution is -0.134. The van der Waals surface area contributed by atoms with E-state index in [-0.39, 0.29) is 17.2 Å². The molecule has 2 aliphatic heterocycles. The molecule has 0 unspecified atom stereocenters. The Morgan fingerprint density at radius 2 is 2.00 bits per heavy atom. The van der Waals surface area contributed by atoms with Gasteiger partial charge in [-0.3, -0.25) is 9.69 Å². The number of amides is 1. The summed E-state index contributed by atoms with van der Waals surface area (Å²) in [5.74, 6) is 1.19. The van der Waals surface area contributed by atoms with Gasteiger partial charge < -0.3 is 9.64 Å². The predicted octanol–water partition coefficient (Wildman–Crippen LogP) is 3.84. The molecule has 0 bridgehead atoms. The highest BCUT2D eigenvalue weighted by molar-refractivity contribution is 5.79. The number of carbonyl (C=O) groups is 1. The molecule has 1 aromatic carbocycles. The molecule has 5 heteroatoms. The molecular formula is C22H31FN2O2. The van der Waals surface area contributed by atoms with Gasteiger partial charge >= 0.3 is 0 Å². The standard InChI is InChI=1S/C22H31FN2O2/c1-27-19-7-8-20(23)18(13-19)14-24-11-4-9-22(15-24)10-12-25(16-22)21(26)17-5-2-3-6-17/h7-8,13,17H,2-6,9-12,14-16H2,1H3/t22-/m1/s1. The van der Waals surface area contributed by atoms with Crippen LogP contribution >= 0.6 is 0 Å². The third kappa shape index (κ3) is 3.98. The second-order valence-corrected chi connectivity index (χ2v) is 8.76. The number of halogens is 1. The smallest absolute Gasteiger partial charge is 0.225 e. The van der Waals surface area contributed by atoms with Gasteiger partial charge in [0, 0.05) is 43.1 Å². The second kappa shape index (κ2) is 7.78. The summed E-state index contributed by atoms with van der Waals surface area (Å²) >= 11 is 0. The van der Waals surface area contributed by atoms with Gasteiger partial charge in [-0.05, 0) is 56.8 Å². The van der Waals surface area contributed by atoms with Gasteiger partial charge in [-0.25, -0.2) is 4.39 Å². The molecule has 148 valence electrons. The Hall–Kier alpha value is -1.62. The third-order valence-corrected chi connectivity index (χ3v) is 6.84. The lowest BCUT2D eigenvalue weighted by Gasteiger charge is -2.40. The van der Waals surface area contributed by atoms with Crippen LogP contribution in [0.2, 0.25) is 0 Å². The van der Waals surface area contributed by atoms with E-state index in [4.69, 9.17) is 4.74 Å². The molecule has 0 radical (unpaired) electrons. The largest absolute Gasteiger partial charge is 0.497 e. The molecule has 27 heavy (non-hydrogen) atoms. The van der Waals surface area contributed by atoms with Gasteiger partial charge in [0.05, 0.1) is 7.11 Å². The van der Waals surface area contributed by atoms with Gasteiger partial charge in [0.1, 0.15) is 11.6 Å². The fraction of sp³-hybridized carbons (Fsp3) is 0.682. The molecule has 3 fully saturated rings. The minimum Gasteiger partial charge on any atom is -0.497 e. The summed E-state index contributed by atoms with van der Waals surface area (Å²) in [4.78, 5) is 17.3. The zero-order valence-electron chi connectivity index (χ0n) is 16.4. The van der Waals surface area contributed by atoms with Crippen LogP contribution in [0.1, 0.15) is 50.5 Å². The number of piperidine rings is 1. The molecule has 3 aliphatic rings. The van der Waals surface area contributed by atoms with E-state index >= 15 is 0 Å². The summed E-state index contributed by atoms with van der Waals surface area (Å²) in [7, 11) is 1.61. The van der Waals surface area contributed by atoms with Crippen LogP contribution in [-0.4, -0.2) is 49.0 Å². The van der Waals surface area contributed by atoms with Gasteiger partial charge in [-0.1, -0.05) is 12.8 Å². The summed E-state index contributed by atoms with van der Waals surface area (Å²) in [6.45, 7) is 4.35. The van der Waals surface area contributed by atoms with Crippen LogP contribution in [-0.2, 0) is 11.3 Å². The maximum atomic E-state index is 14.2. The first kappa shape index (κ1) is 18.7. The van der Waals surface area contributed by atoms with Crippen molar-refractivity contribution in [2.24, 2.45) is 11.3 Å². The molecular weight excluding hydrogens is 343 g/mol. The van der Waals surface area contributed by atoms with Crippen LogP contribution in [0.15, 0.2) is 18.2 Å². The first-order valence-corrected chi connectivity index (χ1v) is 10.4. The highest BCUT2D eigenvalue weighted by Gasteiger charge is 2.44. The van der Waals surface area contributed by atoms with Crippen LogP contribution < -0.4 is 4.74 Å². The van der Waals surface area contributed by atoms with E-state index in [1.165, 1.54) is 25.3 Å². The molecule has 0 N–H and O–H groups in total. The van der Waals surface area contributed by atoms with Gasteiger partial charge in [-0.15, -0.1) is 0 Å².